The second kappa shape index (κ2) is 9.41. The lowest BCUT2D eigenvalue weighted by Gasteiger charge is -2.28. The van der Waals surface area contributed by atoms with Gasteiger partial charge in [0, 0.05) is 17.5 Å². The maximum atomic E-state index is 13.2. The van der Waals surface area contributed by atoms with Crippen LogP contribution in [-0.2, 0) is 9.59 Å². The Bertz CT molecular complexity index is 742. The van der Waals surface area contributed by atoms with Crippen molar-refractivity contribution in [2.45, 2.75) is 65.0 Å². The Morgan fingerprint density at radius 1 is 1.31 bits per heavy atom. The molecule has 1 heterocycles. The second-order valence-electron chi connectivity index (χ2n) is 9.26. The molecule has 1 aliphatic heterocycles. The van der Waals surface area contributed by atoms with E-state index >= 15 is 0 Å². The van der Waals surface area contributed by atoms with Crippen molar-refractivity contribution in [3.05, 3.63) is 18.2 Å². The summed E-state index contributed by atoms with van der Waals surface area (Å²) in [5, 5.41) is 3.62. The van der Waals surface area contributed by atoms with Crippen LogP contribution in [0.25, 0.3) is 0 Å². The van der Waals surface area contributed by atoms with Crippen molar-refractivity contribution in [1.29, 1.82) is 0 Å². The number of anilines is 2. The summed E-state index contributed by atoms with van der Waals surface area (Å²) in [6.07, 6.45) is 5.91. The summed E-state index contributed by atoms with van der Waals surface area (Å²) in [4.78, 5) is 27.4. The van der Waals surface area contributed by atoms with Crippen molar-refractivity contribution in [1.82, 2.24) is 0 Å². The molecule has 0 unspecified atom stereocenters. The monoisotopic (exact) mass is 418 g/mol. The van der Waals surface area contributed by atoms with Crippen molar-refractivity contribution in [2.75, 3.05) is 29.1 Å². The number of fused-ring (bicyclic) bond motifs is 1. The van der Waals surface area contributed by atoms with E-state index in [-0.39, 0.29) is 11.8 Å². The number of nitrogens with one attached hydrogen (secondary N) is 1. The molecule has 1 aliphatic carbocycles. The highest BCUT2D eigenvalue weighted by Gasteiger charge is 2.37. The van der Waals surface area contributed by atoms with E-state index in [2.05, 4.69) is 19.2 Å². The molecular weight excluding hydrogens is 384 g/mol. The molecule has 1 aromatic rings. The first-order valence-electron chi connectivity index (χ1n) is 10.8. The highest BCUT2D eigenvalue weighted by molar-refractivity contribution is 8.00. The average Bonchev–Trinajstić information content (AvgIpc) is 3.16. The number of thioether (sulfide) groups is 1. The van der Waals surface area contributed by atoms with Gasteiger partial charge < -0.3 is 15.0 Å². The Kier molecular flexibility index (Phi) is 7.14. The molecule has 0 atom stereocenters. The van der Waals surface area contributed by atoms with Gasteiger partial charge in [-0.25, -0.2) is 0 Å². The summed E-state index contributed by atoms with van der Waals surface area (Å²) in [6, 6.07) is 5.61. The summed E-state index contributed by atoms with van der Waals surface area (Å²) < 4.78 is 5.97. The normalized spacial score (nSPS) is 19.1. The minimum absolute atomic E-state index is 0.0109. The lowest BCUT2D eigenvalue weighted by Crippen LogP contribution is -2.42. The topological polar surface area (TPSA) is 58.6 Å². The third kappa shape index (κ3) is 5.68. The van der Waals surface area contributed by atoms with Gasteiger partial charge in [0.15, 0.2) is 0 Å². The molecule has 160 valence electrons. The van der Waals surface area contributed by atoms with Crippen LogP contribution in [0.5, 0.6) is 5.75 Å². The Morgan fingerprint density at radius 3 is 2.72 bits per heavy atom. The molecule has 3 rings (SSSR count). The van der Waals surface area contributed by atoms with E-state index in [0.29, 0.717) is 41.5 Å². The molecule has 2 amide bonds. The summed E-state index contributed by atoms with van der Waals surface area (Å²) in [5.41, 5.74) is 0.881. The smallest absolute Gasteiger partial charge is 0.236 e. The molecule has 0 radical (unpaired) electrons. The van der Waals surface area contributed by atoms with Crippen LogP contribution in [0.3, 0.4) is 0 Å². The molecule has 0 aromatic heterocycles. The predicted octanol–water partition coefficient (Wildman–Crippen LogP) is 5.10. The predicted molar refractivity (Wildman–Crippen MR) is 121 cm³/mol. The number of nitrogens with zero attached hydrogens (tertiary/aromatic N) is 1. The van der Waals surface area contributed by atoms with Crippen LogP contribution in [0, 0.1) is 11.3 Å². The maximum absolute atomic E-state index is 13.2. The zero-order valence-electron chi connectivity index (χ0n) is 18.1. The summed E-state index contributed by atoms with van der Waals surface area (Å²) in [5.74, 6) is 1.75. The number of carbonyl (C=O) groups excluding carboxylic acids is 2. The van der Waals surface area contributed by atoms with Crippen LogP contribution in [0.1, 0.15) is 59.8 Å². The molecule has 29 heavy (non-hydrogen) atoms. The van der Waals surface area contributed by atoms with Crippen LogP contribution >= 0.6 is 11.8 Å². The minimum Gasteiger partial charge on any atom is -0.490 e. The van der Waals surface area contributed by atoms with Gasteiger partial charge in [0.1, 0.15) is 12.4 Å². The molecule has 0 bridgehead atoms. The molecule has 0 saturated heterocycles. The van der Waals surface area contributed by atoms with E-state index in [1.807, 2.05) is 36.9 Å². The van der Waals surface area contributed by atoms with E-state index < -0.39 is 5.41 Å². The highest BCUT2D eigenvalue weighted by Crippen LogP contribution is 2.38. The molecular formula is C23H34N2O3S. The number of benzene rings is 1. The lowest BCUT2D eigenvalue weighted by atomic mass is 9.92. The van der Waals surface area contributed by atoms with Crippen molar-refractivity contribution in [3.63, 3.8) is 0 Å². The third-order valence-corrected chi connectivity index (χ3v) is 7.00. The number of hydrogen-bond donors (Lipinski definition) is 1. The number of rotatable bonds is 7. The molecule has 1 fully saturated rings. The first-order chi connectivity index (χ1) is 13.8. The molecule has 0 spiro atoms. The quantitative estimate of drug-likeness (QED) is 0.669. The Labute approximate surface area is 178 Å². The van der Waals surface area contributed by atoms with Gasteiger partial charge in [0.25, 0.3) is 0 Å². The van der Waals surface area contributed by atoms with Gasteiger partial charge in [-0.1, -0.05) is 26.7 Å². The van der Waals surface area contributed by atoms with E-state index in [1.165, 1.54) is 25.7 Å². The Morgan fingerprint density at radius 2 is 2.03 bits per heavy atom. The molecule has 6 heteroatoms. The fraction of sp³-hybridized carbons (Fsp3) is 0.652. The second-order valence-corrected chi connectivity index (χ2v) is 10.5. The van der Waals surface area contributed by atoms with Crippen molar-refractivity contribution >= 4 is 35.0 Å². The standard InChI is InChI=1S/C23H34N2O3S/c1-16(2)11-12-25-19-13-17(24-21(26)14-29-18-7-5-6-8-18)9-10-20(19)28-15-23(3,4)22(25)27/h9-10,13,16,18H,5-8,11-12,14-15H2,1-4H3,(H,24,26). The SMILES string of the molecule is CC(C)CCN1C(=O)C(C)(C)COc2ccc(NC(=O)CSC3CCCC3)cc21. The molecule has 2 aliphatic rings. The third-order valence-electron chi connectivity index (χ3n) is 5.63. The van der Waals surface area contributed by atoms with E-state index in [0.717, 1.165) is 12.1 Å². The minimum atomic E-state index is -0.586. The molecule has 1 saturated carbocycles. The zero-order chi connectivity index (χ0) is 21.0. The van der Waals surface area contributed by atoms with E-state index in [1.54, 1.807) is 11.8 Å². The molecule has 5 nitrogen and oxygen atoms in total. The molecule has 1 aromatic carbocycles. The number of ether oxygens (including phenoxy) is 1. The average molecular weight is 419 g/mol. The number of hydrogen-bond acceptors (Lipinski definition) is 4. The maximum Gasteiger partial charge on any atom is 0.236 e. The first-order valence-corrected chi connectivity index (χ1v) is 11.8. The summed E-state index contributed by atoms with van der Waals surface area (Å²) in [7, 11) is 0. The lowest BCUT2D eigenvalue weighted by molar-refractivity contribution is -0.127. The highest BCUT2D eigenvalue weighted by atomic mass is 32.2. The Hall–Kier alpha value is -1.69. The van der Waals surface area contributed by atoms with Gasteiger partial charge in [-0.3, -0.25) is 9.59 Å². The van der Waals surface area contributed by atoms with Crippen molar-refractivity contribution < 1.29 is 14.3 Å². The fourth-order valence-corrected chi connectivity index (χ4v) is 4.90. The van der Waals surface area contributed by atoms with Crippen molar-refractivity contribution in [3.8, 4) is 5.75 Å². The number of carbonyl (C=O) groups is 2. The van der Waals surface area contributed by atoms with Crippen LogP contribution in [0.15, 0.2) is 18.2 Å². The molecule has 1 N–H and O–H groups in total. The van der Waals surface area contributed by atoms with Gasteiger partial charge in [0.05, 0.1) is 16.9 Å². The van der Waals surface area contributed by atoms with Gasteiger partial charge in [0.2, 0.25) is 11.8 Å². The number of amides is 2. The van der Waals surface area contributed by atoms with E-state index in [9.17, 15) is 9.59 Å². The zero-order valence-corrected chi connectivity index (χ0v) is 18.9. The van der Waals surface area contributed by atoms with Gasteiger partial charge >= 0.3 is 0 Å². The fourth-order valence-electron chi connectivity index (χ4n) is 3.78. The van der Waals surface area contributed by atoms with E-state index in [4.69, 9.17) is 4.74 Å². The van der Waals surface area contributed by atoms with Crippen LogP contribution < -0.4 is 15.0 Å². The van der Waals surface area contributed by atoms with Gasteiger partial charge in [-0.15, -0.1) is 11.8 Å². The largest absolute Gasteiger partial charge is 0.490 e. The van der Waals surface area contributed by atoms with Crippen molar-refractivity contribution in [2.24, 2.45) is 11.3 Å². The van der Waals surface area contributed by atoms with Crippen LogP contribution in [-0.4, -0.2) is 36.0 Å². The van der Waals surface area contributed by atoms with Gasteiger partial charge in [-0.05, 0) is 57.2 Å². The van der Waals surface area contributed by atoms with Crippen LogP contribution in [0.4, 0.5) is 11.4 Å². The summed E-state index contributed by atoms with van der Waals surface area (Å²) in [6.45, 7) is 9.15. The Balaban J connectivity index is 1.74. The van der Waals surface area contributed by atoms with Crippen LogP contribution in [0.2, 0.25) is 0 Å². The first kappa shape index (κ1) is 22.0. The summed E-state index contributed by atoms with van der Waals surface area (Å²) >= 11 is 1.75. The van der Waals surface area contributed by atoms with Gasteiger partial charge in [-0.2, -0.15) is 0 Å².